The first-order chi connectivity index (χ1) is 23.3. The summed E-state index contributed by atoms with van der Waals surface area (Å²) in [7, 11) is 0. The number of benzene rings is 1. The molecule has 1 aromatic carbocycles. The molecule has 4 unspecified atom stereocenters. The molecule has 0 N–H and O–H groups in total. The summed E-state index contributed by atoms with van der Waals surface area (Å²) >= 11 is 0. The SMILES string of the molecule is CC(Oc1cc(OC(C)C2CO2)c(C23CC4CC(CC(C4)C2)C3)c(C23CC4CC(CC(C4)C2)C3)c1C12CC3CC(CC(C3)C1)C2)C1CO1. The van der Waals surface area contributed by atoms with Crippen LogP contribution < -0.4 is 9.47 Å². The summed E-state index contributed by atoms with van der Waals surface area (Å²) in [6, 6.07) is 2.53. The largest absolute Gasteiger partial charge is 0.487 e. The van der Waals surface area contributed by atoms with E-state index in [9.17, 15) is 0 Å². The van der Waals surface area contributed by atoms with Crippen LogP contribution in [0.3, 0.4) is 0 Å². The van der Waals surface area contributed by atoms with Gasteiger partial charge in [-0.25, -0.2) is 0 Å². The van der Waals surface area contributed by atoms with Gasteiger partial charge in [0.05, 0.1) is 13.2 Å². The van der Waals surface area contributed by atoms with Crippen LogP contribution in [0.1, 0.15) is 146 Å². The number of hydrogen-bond donors (Lipinski definition) is 0. The summed E-state index contributed by atoms with van der Waals surface area (Å²) in [5, 5.41) is 0. The van der Waals surface area contributed by atoms with Gasteiger partial charge in [-0.1, -0.05) is 0 Å². The van der Waals surface area contributed by atoms with Crippen LogP contribution in [0.15, 0.2) is 6.07 Å². The lowest BCUT2D eigenvalue weighted by molar-refractivity contribution is -0.0264. The van der Waals surface area contributed by atoms with Crippen molar-refractivity contribution in [1.29, 1.82) is 0 Å². The Balaban J connectivity index is 1.14. The maximum atomic E-state index is 7.40. The summed E-state index contributed by atoms with van der Waals surface area (Å²) in [4.78, 5) is 0. The Morgan fingerprint density at radius 1 is 0.458 bits per heavy atom. The van der Waals surface area contributed by atoms with Crippen LogP contribution in [-0.4, -0.2) is 37.6 Å². The predicted molar refractivity (Wildman–Crippen MR) is 186 cm³/mol. The maximum Gasteiger partial charge on any atom is 0.127 e. The zero-order valence-corrected chi connectivity index (χ0v) is 29.9. The third kappa shape index (κ3) is 4.38. The molecule has 15 rings (SSSR count). The van der Waals surface area contributed by atoms with Gasteiger partial charge in [0.1, 0.15) is 35.9 Å². The van der Waals surface area contributed by atoms with Crippen LogP contribution in [0.25, 0.3) is 0 Å². The lowest BCUT2D eigenvalue weighted by atomic mass is 9.41. The van der Waals surface area contributed by atoms with Crippen molar-refractivity contribution in [1.82, 2.24) is 0 Å². The molecule has 2 saturated heterocycles. The minimum absolute atomic E-state index is 0.0873. The molecule has 14 aliphatic rings. The third-order valence-corrected chi connectivity index (χ3v) is 17.4. The molecule has 12 aliphatic carbocycles. The quantitative estimate of drug-likeness (QED) is 0.249. The molecule has 2 heterocycles. The fraction of sp³-hybridized carbons (Fsp3) is 0.864. The average Bonchev–Trinajstić information content (AvgIpc) is 3.92. The lowest BCUT2D eigenvalue weighted by Crippen LogP contribution is -2.55. The number of hydrogen-bond acceptors (Lipinski definition) is 4. The van der Waals surface area contributed by atoms with Crippen molar-refractivity contribution in [2.45, 2.75) is 170 Å². The minimum Gasteiger partial charge on any atom is -0.487 e. The van der Waals surface area contributed by atoms with Gasteiger partial charge in [0.25, 0.3) is 0 Å². The number of rotatable bonds is 9. The Hall–Kier alpha value is -1.26. The van der Waals surface area contributed by atoms with Gasteiger partial charge in [0.2, 0.25) is 0 Å². The second-order valence-corrected chi connectivity index (χ2v) is 21.0. The monoisotopic (exact) mass is 652 g/mol. The Morgan fingerprint density at radius 2 is 0.708 bits per heavy atom. The fourth-order valence-electron chi connectivity index (χ4n) is 16.9. The molecule has 4 nitrogen and oxygen atoms in total. The van der Waals surface area contributed by atoms with E-state index in [-0.39, 0.29) is 35.2 Å². The van der Waals surface area contributed by atoms with E-state index < -0.39 is 0 Å². The number of ether oxygens (including phenoxy) is 4. The van der Waals surface area contributed by atoms with Crippen LogP contribution in [0.4, 0.5) is 0 Å². The van der Waals surface area contributed by atoms with Gasteiger partial charge in [-0.05, 0) is 194 Å². The summed E-state index contributed by atoms with van der Waals surface area (Å²) in [5.41, 5.74) is 6.29. The summed E-state index contributed by atoms with van der Waals surface area (Å²) in [5.74, 6) is 10.8. The molecule has 12 saturated carbocycles. The molecule has 14 fully saturated rings. The Labute approximate surface area is 289 Å². The standard InChI is InChI=1S/C44H60O4/c1-24(37-22-45-37)47-35-12-36(48-25(2)38-23-46-38)40(43-16-29-6-30(17-43)8-31(7-29)18-43)41(44-19-32-9-33(20-44)11-34(10-32)21-44)39(35)42-13-26-3-27(14-42)5-28(4-26)15-42/h12,24-34,37-38H,3-11,13-23H2,1-2H3. The summed E-state index contributed by atoms with van der Waals surface area (Å²) in [6.07, 6.45) is 26.9. The summed E-state index contributed by atoms with van der Waals surface area (Å²) in [6.45, 7) is 6.28. The normalized spacial score (nSPS) is 52.5. The predicted octanol–water partition coefficient (Wildman–Crippen LogP) is 9.42. The van der Waals surface area contributed by atoms with Gasteiger partial charge < -0.3 is 18.9 Å². The highest BCUT2D eigenvalue weighted by atomic mass is 16.6. The summed E-state index contributed by atoms with van der Waals surface area (Å²) < 4.78 is 26.6. The third-order valence-electron chi connectivity index (χ3n) is 17.4. The van der Waals surface area contributed by atoms with E-state index in [1.807, 2.05) is 5.56 Å². The molecular weight excluding hydrogens is 592 g/mol. The first-order valence-corrected chi connectivity index (χ1v) is 21.1. The zero-order valence-electron chi connectivity index (χ0n) is 29.9. The van der Waals surface area contributed by atoms with Crippen molar-refractivity contribution in [2.75, 3.05) is 13.2 Å². The van der Waals surface area contributed by atoms with Crippen LogP contribution in [0, 0.1) is 53.3 Å². The Kier molecular flexibility index (Phi) is 6.10. The molecule has 2 aliphatic heterocycles. The molecule has 48 heavy (non-hydrogen) atoms. The minimum atomic E-state index is 0.0873. The van der Waals surface area contributed by atoms with Crippen molar-refractivity contribution in [3.05, 3.63) is 22.8 Å². The molecule has 12 bridgehead atoms. The average molecular weight is 653 g/mol. The van der Waals surface area contributed by atoms with E-state index in [0.29, 0.717) is 5.41 Å². The Bertz CT molecular complexity index is 1310. The van der Waals surface area contributed by atoms with E-state index in [1.54, 1.807) is 11.1 Å². The van der Waals surface area contributed by atoms with Gasteiger partial charge in [0, 0.05) is 28.0 Å². The molecule has 0 spiro atoms. The van der Waals surface area contributed by atoms with Crippen LogP contribution >= 0.6 is 0 Å². The molecule has 4 heteroatoms. The molecule has 0 amide bonds. The van der Waals surface area contributed by atoms with Gasteiger partial charge in [-0.2, -0.15) is 0 Å². The first kappa shape index (κ1) is 29.3. The molecule has 0 radical (unpaired) electrons. The van der Waals surface area contributed by atoms with E-state index in [0.717, 1.165) is 66.5 Å². The van der Waals surface area contributed by atoms with Crippen LogP contribution in [0.5, 0.6) is 11.5 Å². The van der Waals surface area contributed by atoms with Crippen molar-refractivity contribution < 1.29 is 18.9 Å². The second kappa shape index (κ2) is 9.99. The number of epoxide rings is 2. The van der Waals surface area contributed by atoms with Crippen molar-refractivity contribution in [3.8, 4) is 11.5 Å². The van der Waals surface area contributed by atoms with Crippen molar-refractivity contribution >= 4 is 0 Å². The molecule has 4 atom stereocenters. The fourth-order valence-corrected chi connectivity index (χ4v) is 16.9. The Morgan fingerprint density at radius 3 is 0.958 bits per heavy atom. The first-order valence-electron chi connectivity index (χ1n) is 21.1. The van der Waals surface area contributed by atoms with Crippen molar-refractivity contribution in [2.24, 2.45) is 53.3 Å². The van der Waals surface area contributed by atoms with E-state index >= 15 is 0 Å². The van der Waals surface area contributed by atoms with Gasteiger partial charge in [-0.15, -0.1) is 0 Å². The maximum absolute atomic E-state index is 7.40. The molecular formula is C44H60O4. The van der Waals surface area contributed by atoms with E-state index in [2.05, 4.69) is 19.9 Å². The van der Waals surface area contributed by atoms with Gasteiger partial charge in [0.15, 0.2) is 0 Å². The molecule has 0 aromatic heterocycles. The van der Waals surface area contributed by atoms with E-state index in [1.165, 1.54) is 127 Å². The highest BCUT2D eigenvalue weighted by molar-refractivity contribution is 5.63. The molecule has 260 valence electrons. The lowest BCUT2D eigenvalue weighted by Gasteiger charge is -2.63. The van der Waals surface area contributed by atoms with Crippen LogP contribution in [-0.2, 0) is 25.7 Å². The van der Waals surface area contributed by atoms with Crippen LogP contribution in [0.2, 0.25) is 0 Å². The van der Waals surface area contributed by atoms with E-state index in [4.69, 9.17) is 18.9 Å². The highest BCUT2D eigenvalue weighted by Gasteiger charge is 2.62. The van der Waals surface area contributed by atoms with Crippen molar-refractivity contribution in [3.63, 3.8) is 0 Å². The highest BCUT2D eigenvalue weighted by Crippen LogP contribution is 2.71. The van der Waals surface area contributed by atoms with Gasteiger partial charge in [-0.3, -0.25) is 0 Å². The molecule has 1 aromatic rings. The second-order valence-electron chi connectivity index (χ2n) is 21.0. The zero-order chi connectivity index (χ0) is 31.6. The topological polar surface area (TPSA) is 43.5 Å². The van der Waals surface area contributed by atoms with Gasteiger partial charge >= 0.3 is 0 Å². The smallest absolute Gasteiger partial charge is 0.127 e.